The first-order valence-electron chi connectivity index (χ1n) is 11.2. The van der Waals surface area contributed by atoms with Gasteiger partial charge < -0.3 is 5.32 Å². The van der Waals surface area contributed by atoms with Crippen LogP contribution in [0, 0.1) is 0 Å². The summed E-state index contributed by atoms with van der Waals surface area (Å²) in [6.45, 7) is 1.51. The van der Waals surface area contributed by atoms with Crippen LogP contribution >= 0.6 is 0 Å². The Hall–Kier alpha value is -4.03. The van der Waals surface area contributed by atoms with Gasteiger partial charge in [0.05, 0.1) is 11.9 Å². The molecule has 0 saturated heterocycles. The van der Waals surface area contributed by atoms with Crippen LogP contribution in [0.25, 0.3) is 22.4 Å². The zero-order chi connectivity index (χ0) is 22.3. The maximum absolute atomic E-state index is 4.33. The zero-order valence-electron chi connectivity index (χ0n) is 18.3. The lowest BCUT2D eigenvalue weighted by Crippen LogP contribution is -2.22. The first kappa shape index (κ1) is 20.8. The quantitative estimate of drug-likeness (QED) is 0.332. The number of H-pyrrole nitrogens is 1. The van der Waals surface area contributed by atoms with Crippen molar-refractivity contribution < 1.29 is 0 Å². The van der Waals surface area contributed by atoms with Crippen molar-refractivity contribution in [2.45, 2.75) is 25.6 Å². The molecule has 1 atom stereocenters. The highest BCUT2D eigenvalue weighted by molar-refractivity contribution is 5.69. The molecule has 2 heterocycles. The van der Waals surface area contributed by atoms with Gasteiger partial charge in [-0.3, -0.25) is 9.78 Å². The third-order valence-corrected chi connectivity index (χ3v) is 5.85. The minimum Gasteiger partial charge on any atom is -0.306 e. The van der Waals surface area contributed by atoms with E-state index in [1.54, 1.807) is 12.7 Å². The fourth-order valence-electron chi connectivity index (χ4n) is 4.07. The van der Waals surface area contributed by atoms with Crippen molar-refractivity contribution in [3.8, 4) is 22.4 Å². The van der Waals surface area contributed by atoms with Gasteiger partial charge in [0.1, 0.15) is 12.7 Å². The Kier molecular flexibility index (Phi) is 6.36. The molecule has 0 spiro atoms. The maximum Gasteiger partial charge on any atom is 0.137 e. The van der Waals surface area contributed by atoms with Gasteiger partial charge in [-0.15, -0.1) is 0 Å². The number of benzene rings is 3. The van der Waals surface area contributed by atoms with E-state index in [-0.39, 0.29) is 6.04 Å². The van der Waals surface area contributed by atoms with Crippen LogP contribution in [-0.2, 0) is 13.1 Å². The van der Waals surface area contributed by atoms with Crippen molar-refractivity contribution in [2.75, 3.05) is 0 Å². The third-order valence-electron chi connectivity index (χ3n) is 5.85. The first-order chi connectivity index (χ1) is 16.4. The van der Waals surface area contributed by atoms with Gasteiger partial charge in [0.2, 0.25) is 0 Å². The van der Waals surface area contributed by atoms with Crippen molar-refractivity contribution in [1.82, 2.24) is 30.3 Å². The van der Waals surface area contributed by atoms with Crippen molar-refractivity contribution in [3.63, 3.8) is 0 Å². The summed E-state index contributed by atoms with van der Waals surface area (Å²) in [5.41, 5.74) is 7.00. The molecule has 6 heteroatoms. The molecule has 0 bridgehead atoms. The maximum atomic E-state index is 4.33. The van der Waals surface area contributed by atoms with Gasteiger partial charge in [-0.05, 0) is 28.7 Å². The predicted molar refractivity (Wildman–Crippen MR) is 130 cm³/mol. The van der Waals surface area contributed by atoms with Crippen molar-refractivity contribution in [3.05, 3.63) is 115 Å². The topological polar surface area (TPSA) is 71.4 Å². The Morgan fingerprint density at radius 2 is 1.52 bits per heavy atom. The second-order valence-corrected chi connectivity index (χ2v) is 8.01. The summed E-state index contributed by atoms with van der Waals surface area (Å²) in [5.74, 6) is 0. The third kappa shape index (κ3) is 5.07. The van der Waals surface area contributed by atoms with E-state index in [4.69, 9.17) is 0 Å². The van der Waals surface area contributed by atoms with Gasteiger partial charge in [-0.25, -0.2) is 4.98 Å². The first-order valence-corrected chi connectivity index (χ1v) is 11.2. The minimum atomic E-state index is 0.193. The van der Waals surface area contributed by atoms with Crippen LogP contribution in [0.4, 0.5) is 0 Å². The summed E-state index contributed by atoms with van der Waals surface area (Å²) < 4.78 is 1.87. The van der Waals surface area contributed by atoms with Crippen LogP contribution < -0.4 is 5.32 Å². The molecule has 0 fully saturated rings. The molecule has 0 aliphatic heterocycles. The summed E-state index contributed by atoms with van der Waals surface area (Å²) in [6.07, 6.45) is 6.15. The number of hydrogen-bond acceptors (Lipinski definition) is 4. The smallest absolute Gasteiger partial charge is 0.137 e. The molecule has 0 aliphatic rings. The Labute approximate surface area is 193 Å². The molecule has 0 aliphatic carbocycles. The number of rotatable bonds is 9. The lowest BCUT2D eigenvalue weighted by Gasteiger charge is -2.19. The molecule has 0 saturated carbocycles. The van der Waals surface area contributed by atoms with Crippen LogP contribution in [0.15, 0.2) is 104 Å². The average molecular weight is 435 g/mol. The molecule has 5 rings (SSSR count). The largest absolute Gasteiger partial charge is 0.306 e. The molecular formula is C27H26N6. The summed E-state index contributed by atoms with van der Waals surface area (Å²) >= 11 is 0. The van der Waals surface area contributed by atoms with E-state index in [0.717, 1.165) is 29.8 Å². The van der Waals surface area contributed by atoms with Crippen LogP contribution in [0.5, 0.6) is 0 Å². The van der Waals surface area contributed by atoms with Gasteiger partial charge in [-0.2, -0.15) is 10.2 Å². The molecule has 2 N–H and O–H groups in total. The summed E-state index contributed by atoms with van der Waals surface area (Å²) in [5, 5.41) is 15.5. The molecule has 0 unspecified atom stereocenters. The van der Waals surface area contributed by atoms with E-state index < -0.39 is 0 Å². The molecule has 33 heavy (non-hydrogen) atoms. The lowest BCUT2D eigenvalue weighted by molar-refractivity contribution is 0.445. The molecule has 6 nitrogen and oxygen atoms in total. The van der Waals surface area contributed by atoms with Crippen LogP contribution in [0.3, 0.4) is 0 Å². The number of aromatic nitrogens is 5. The summed E-state index contributed by atoms with van der Waals surface area (Å²) in [7, 11) is 0. The highest BCUT2D eigenvalue weighted by Gasteiger charge is 2.14. The second kappa shape index (κ2) is 10.1. The van der Waals surface area contributed by atoms with E-state index in [1.165, 1.54) is 16.7 Å². The van der Waals surface area contributed by atoms with Crippen molar-refractivity contribution >= 4 is 0 Å². The number of nitrogens with one attached hydrogen (secondary N) is 2. The standard InChI is InChI=1S/C27H26N6/c1-3-7-21(8-4-1)22-11-13-24(14-12-22)27-25(18-30-32-27)17-29-26(23-9-5-2-6-10-23)15-16-33-20-28-19-31-33/h1-14,18-20,26,29H,15-17H2,(H,30,32)/t26-/m0/s1. The fourth-order valence-corrected chi connectivity index (χ4v) is 4.07. The lowest BCUT2D eigenvalue weighted by atomic mass is 10.0. The predicted octanol–water partition coefficient (Wildman–Crippen LogP) is 5.26. The van der Waals surface area contributed by atoms with Gasteiger partial charge in [-0.1, -0.05) is 84.9 Å². The van der Waals surface area contributed by atoms with Crippen molar-refractivity contribution in [1.29, 1.82) is 0 Å². The van der Waals surface area contributed by atoms with Crippen molar-refractivity contribution in [2.24, 2.45) is 0 Å². The minimum absolute atomic E-state index is 0.193. The number of nitrogens with zero attached hydrogens (tertiary/aromatic N) is 4. The van der Waals surface area contributed by atoms with E-state index in [1.807, 2.05) is 23.0 Å². The normalized spacial score (nSPS) is 12.0. The molecule has 164 valence electrons. The molecular weight excluding hydrogens is 408 g/mol. The van der Waals surface area contributed by atoms with Gasteiger partial charge in [0.25, 0.3) is 0 Å². The van der Waals surface area contributed by atoms with Crippen LogP contribution in [0.1, 0.15) is 23.6 Å². The molecule has 0 radical (unpaired) electrons. The van der Waals surface area contributed by atoms with Crippen LogP contribution in [-0.4, -0.2) is 25.0 Å². The van der Waals surface area contributed by atoms with Crippen LogP contribution in [0.2, 0.25) is 0 Å². The number of hydrogen-bond donors (Lipinski definition) is 2. The monoisotopic (exact) mass is 434 g/mol. The highest BCUT2D eigenvalue weighted by atomic mass is 15.3. The van der Waals surface area contributed by atoms with E-state index >= 15 is 0 Å². The Bertz CT molecular complexity index is 1250. The molecule has 2 aromatic heterocycles. The van der Waals surface area contributed by atoms with Gasteiger partial charge in [0.15, 0.2) is 0 Å². The Morgan fingerprint density at radius 3 is 2.24 bits per heavy atom. The Morgan fingerprint density at radius 1 is 0.818 bits per heavy atom. The number of aromatic amines is 1. The molecule has 3 aromatic carbocycles. The van der Waals surface area contributed by atoms with Gasteiger partial charge >= 0.3 is 0 Å². The van der Waals surface area contributed by atoms with E-state index in [9.17, 15) is 0 Å². The number of aryl methyl sites for hydroxylation is 1. The van der Waals surface area contributed by atoms with Gasteiger partial charge in [0, 0.05) is 24.7 Å². The van der Waals surface area contributed by atoms with E-state index in [0.29, 0.717) is 6.54 Å². The zero-order valence-corrected chi connectivity index (χ0v) is 18.3. The van der Waals surface area contributed by atoms with E-state index in [2.05, 4.69) is 98.4 Å². The summed E-state index contributed by atoms with van der Waals surface area (Å²) in [6, 6.07) is 29.8. The second-order valence-electron chi connectivity index (χ2n) is 8.01. The molecule has 5 aromatic rings. The average Bonchev–Trinajstić information content (AvgIpc) is 3.58. The molecule has 0 amide bonds. The summed E-state index contributed by atoms with van der Waals surface area (Å²) in [4.78, 5) is 4.05. The SMILES string of the molecule is c1ccc(-c2ccc(-c3[nH]ncc3CN[C@@H](CCn3cncn3)c3ccccc3)cc2)cc1. The fraction of sp³-hybridized carbons (Fsp3) is 0.148. The highest BCUT2D eigenvalue weighted by Crippen LogP contribution is 2.26. The Balaban J connectivity index is 1.30.